The molecule has 1 aromatic rings. The van der Waals surface area contributed by atoms with Crippen molar-refractivity contribution in [2.75, 3.05) is 32.8 Å². The number of carbonyl (C=O) groups excluding carboxylic acids is 3. The fourth-order valence-electron chi connectivity index (χ4n) is 5.15. The van der Waals surface area contributed by atoms with Crippen LogP contribution in [0.1, 0.15) is 37.7 Å². The van der Waals surface area contributed by atoms with Crippen molar-refractivity contribution in [2.45, 2.75) is 44.6 Å². The zero-order valence-electron chi connectivity index (χ0n) is 18.1. The lowest BCUT2D eigenvalue weighted by Crippen LogP contribution is -2.43. The van der Waals surface area contributed by atoms with Crippen LogP contribution in [-0.4, -0.2) is 61.5 Å². The number of nitrogens with one attached hydrogen (secondary N) is 2. The van der Waals surface area contributed by atoms with Gasteiger partial charge in [0.1, 0.15) is 0 Å². The molecule has 7 nitrogen and oxygen atoms in total. The highest BCUT2D eigenvalue weighted by Crippen LogP contribution is 2.34. The summed E-state index contributed by atoms with van der Waals surface area (Å²) in [6, 6.07) is 10.2. The Hall–Kier alpha value is -2.41. The normalized spacial score (nSPS) is 26.6. The largest absolute Gasteiger partial charge is 0.381 e. The molecule has 3 atom stereocenters. The fourth-order valence-corrected chi connectivity index (χ4v) is 5.15. The average molecular weight is 428 g/mol. The summed E-state index contributed by atoms with van der Waals surface area (Å²) >= 11 is 0. The van der Waals surface area contributed by atoms with Crippen LogP contribution in [0.2, 0.25) is 0 Å². The van der Waals surface area contributed by atoms with Gasteiger partial charge in [0.2, 0.25) is 17.7 Å². The number of nitrogens with zero attached hydrogens (tertiary/aromatic N) is 1. The monoisotopic (exact) mass is 427 g/mol. The Bertz CT molecular complexity index is 778. The Morgan fingerprint density at radius 1 is 1.10 bits per heavy atom. The molecule has 0 bridgehead atoms. The van der Waals surface area contributed by atoms with Crippen molar-refractivity contribution >= 4 is 17.7 Å². The second-order valence-corrected chi connectivity index (χ2v) is 9.09. The third kappa shape index (κ3) is 5.64. The molecule has 31 heavy (non-hydrogen) atoms. The molecule has 2 saturated heterocycles. The molecule has 3 aliphatic rings. The number of benzene rings is 1. The maximum Gasteiger partial charge on any atom is 0.239 e. The minimum Gasteiger partial charge on any atom is -0.381 e. The summed E-state index contributed by atoms with van der Waals surface area (Å²) in [5, 5.41) is 6.14. The molecule has 3 fully saturated rings. The first-order valence-corrected chi connectivity index (χ1v) is 11.6. The van der Waals surface area contributed by atoms with Crippen LogP contribution in [0, 0.1) is 17.8 Å². The number of hydrogen-bond acceptors (Lipinski definition) is 4. The van der Waals surface area contributed by atoms with Crippen molar-refractivity contribution < 1.29 is 19.1 Å². The highest BCUT2D eigenvalue weighted by Gasteiger charge is 2.42. The minimum atomic E-state index is -0.114. The van der Waals surface area contributed by atoms with Crippen LogP contribution in [-0.2, 0) is 25.5 Å². The van der Waals surface area contributed by atoms with E-state index < -0.39 is 0 Å². The van der Waals surface area contributed by atoms with E-state index in [1.165, 1.54) is 5.56 Å². The Kier molecular flexibility index (Phi) is 7.22. The highest BCUT2D eigenvalue weighted by atomic mass is 16.5. The summed E-state index contributed by atoms with van der Waals surface area (Å²) in [5.74, 6) is -0.00823. The Balaban J connectivity index is 1.27. The standard InChI is InChI=1S/C24H33N3O4/c28-22-16-27(24(30)18-8-11-31-12-9-18)15-20-13-19(14-21(20)26-22)23(29)25-10-4-7-17-5-2-1-3-6-17/h1-3,5-6,18-21H,4,7-16H2,(H,25,29)(H,26,28). The van der Waals surface area contributed by atoms with E-state index in [-0.39, 0.29) is 48.1 Å². The fraction of sp³-hybridized carbons (Fsp3) is 0.625. The van der Waals surface area contributed by atoms with E-state index >= 15 is 0 Å². The quantitative estimate of drug-likeness (QED) is 0.674. The second kappa shape index (κ2) is 10.3. The summed E-state index contributed by atoms with van der Waals surface area (Å²) in [4.78, 5) is 39.8. The third-order valence-electron chi connectivity index (χ3n) is 6.87. The molecule has 1 saturated carbocycles. The maximum atomic E-state index is 13.0. The summed E-state index contributed by atoms with van der Waals surface area (Å²) in [7, 11) is 0. The van der Waals surface area contributed by atoms with E-state index in [1.807, 2.05) is 18.2 Å². The first kappa shape index (κ1) is 21.8. The van der Waals surface area contributed by atoms with Gasteiger partial charge in [0.15, 0.2) is 0 Å². The Labute approximate surface area is 183 Å². The zero-order chi connectivity index (χ0) is 21.6. The first-order chi connectivity index (χ1) is 15.1. The molecule has 0 spiro atoms. The first-order valence-electron chi connectivity index (χ1n) is 11.6. The van der Waals surface area contributed by atoms with Crippen LogP contribution < -0.4 is 10.6 Å². The summed E-state index contributed by atoms with van der Waals surface area (Å²) < 4.78 is 5.36. The van der Waals surface area contributed by atoms with Crippen LogP contribution in [0.25, 0.3) is 0 Å². The zero-order valence-corrected chi connectivity index (χ0v) is 18.1. The smallest absolute Gasteiger partial charge is 0.239 e. The molecule has 7 heteroatoms. The molecular weight excluding hydrogens is 394 g/mol. The van der Waals surface area contributed by atoms with Gasteiger partial charge in [-0.15, -0.1) is 0 Å². The predicted octanol–water partition coefficient (Wildman–Crippen LogP) is 1.52. The molecule has 2 aliphatic heterocycles. The van der Waals surface area contributed by atoms with Gasteiger partial charge in [-0.3, -0.25) is 14.4 Å². The van der Waals surface area contributed by atoms with Crippen molar-refractivity contribution in [1.29, 1.82) is 0 Å². The second-order valence-electron chi connectivity index (χ2n) is 9.09. The van der Waals surface area contributed by atoms with Crippen LogP contribution >= 0.6 is 0 Å². The summed E-state index contributed by atoms with van der Waals surface area (Å²) in [6.45, 7) is 2.54. The average Bonchev–Trinajstić information content (AvgIpc) is 3.11. The number of amides is 3. The van der Waals surface area contributed by atoms with E-state index in [0.717, 1.165) is 25.7 Å². The topological polar surface area (TPSA) is 87.7 Å². The number of rotatable bonds is 6. The van der Waals surface area contributed by atoms with E-state index in [0.29, 0.717) is 39.1 Å². The number of hydrogen-bond donors (Lipinski definition) is 2. The molecule has 2 heterocycles. The molecule has 2 N–H and O–H groups in total. The highest BCUT2D eigenvalue weighted by molar-refractivity contribution is 5.87. The minimum absolute atomic E-state index is 0.0277. The van der Waals surface area contributed by atoms with E-state index in [1.54, 1.807) is 4.90 Å². The van der Waals surface area contributed by atoms with Gasteiger partial charge in [0, 0.05) is 44.2 Å². The maximum absolute atomic E-state index is 13.0. The van der Waals surface area contributed by atoms with E-state index in [2.05, 4.69) is 22.8 Å². The van der Waals surface area contributed by atoms with Gasteiger partial charge in [-0.25, -0.2) is 0 Å². The lowest BCUT2D eigenvalue weighted by molar-refractivity contribution is -0.141. The summed E-state index contributed by atoms with van der Waals surface area (Å²) in [5.41, 5.74) is 1.27. The SMILES string of the molecule is O=C1CN(C(=O)C2CCOCC2)CC2CC(C(=O)NCCCc3ccccc3)CC2N1. The van der Waals surface area contributed by atoms with E-state index in [4.69, 9.17) is 4.74 Å². The van der Waals surface area contributed by atoms with Gasteiger partial charge in [0.25, 0.3) is 0 Å². The van der Waals surface area contributed by atoms with Crippen molar-refractivity contribution in [1.82, 2.24) is 15.5 Å². The predicted molar refractivity (Wildman–Crippen MR) is 116 cm³/mol. The molecule has 3 unspecified atom stereocenters. The molecule has 168 valence electrons. The van der Waals surface area contributed by atoms with Crippen LogP contribution in [0.5, 0.6) is 0 Å². The molecule has 4 rings (SSSR count). The molecule has 3 amide bonds. The molecule has 1 aliphatic carbocycles. The summed E-state index contributed by atoms with van der Waals surface area (Å²) in [6.07, 6.45) is 4.65. The van der Waals surface area contributed by atoms with Crippen LogP contribution in [0.4, 0.5) is 0 Å². The van der Waals surface area contributed by atoms with E-state index in [9.17, 15) is 14.4 Å². The van der Waals surface area contributed by atoms with Gasteiger partial charge in [-0.05, 0) is 50.0 Å². The van der Waals surface area contributed by atoms with Gasteiger partial charge < -0.3 is 20.3 Å². The van der Waals surface area contributed by atoms with Gasteiger partial charge >= 0.3 is 0 Å². The molecule has 0 radical (unpaired) electrons. The molecule has 1 aromatic carbocycles. The third-order valence-corrected chi connectivity index (χ3v) is 6.87. The van der Waals surface area contributed by atoms with Crippen molar-refractivity contribution in [3.63, 3.8) is 0 Å². The van der Waals surface area contributed by atoms with Gasteiger partial charge in [-0.1, -0.05) is 30.3 Å². The van der Waals surface area contributed by atoms with Crippen molar-refractivity contribution in [2.24, 2.45) is 17.8 Å². The molecular formula is C24H33N3O4. The lowest BCUT2D eigenvalue weighted by atomic mass is 9.97. The Morgan fingerprint density at radius 2 is 1.87 bits per heavy atom. The Morgan fingerprint density at radius 3 is 2.65 bits per heavy atom. The number of carbonyl (C=O) groups is 3. The number of aryl methyl sites for hydroxylation is 1. The van der Waals surface area contributed by atoms with Crippen molar-refractivity contribution in [3.05, 3.63) is 35.9 Å². The van der Waals surface area contributed by atoms with Crippen LogP contribution in [0.3, 0.4) is 0 Å². The van der Waals surface area contributed by atoms with Gasteiger partial charge in [0.05, 0.1) is 6.54 Å². The van der Waals surface area contributed by atoms with Gasteiger partial charge in [-0.2, -0.15) is 0 Å². The molecule has 0 aromatic heterocycles. The lowest BCUT2D eigenvalue weighted by Gasteiger charge is -2.29. The van der Waals surface area contributed by atoms with Crippen LogP contribution in [0.15, 0.2) is 30.3 Å². The number of fused-ring (bicyclic) bond motifs is 1. The van der Waals surface area contributed by atoms with Crippen molar-refractivity contribution in [3.8, 4) is 0 Å². The number of ether oxygens (including phenoxy) is 1.